The summed E-state index contributed by atoms with van der Waals surface area (Å²) in [6.45, 7) is 7.79. The van der Waals surface area contributed by atoms with Crippen molar-refractivity contribution in [2.75, 3.05) is 33.4 Å². The van der Waals surface area contributed by atoms with Crippen molar-refractivity contribution in [2.45, 2.75) is 32.9 Å². The van der Waals surface area contributed by atoms with E-state index in [1.165, 1.54) is 0 Å². The molecule has 32 heavy (non-hydrogen) atoms. The maximum absolute atomic E-state index is 11.6. The van der Waals surface area contributed by atoms with Crippen LogP contribution in [0, 0.1) is 0 Å². The number of guanidine groups is 1. The predicted molar refractivity (Wildman–Crippen MR) is 124 cm³/mol. The maximum Gasteiger partial charge on any atom is 0.407 e. The largest absolute Gasteiger partial charge is 0.490 e. The summed E-state index contributed by atoms with van der Waals surface area (Å²) in [5, 5.41) is 9.01. The molecule has 1 heterocycles. The van der Waals surface area contributed by atoms with Crippen LogP contribution in [0.5, 0.6) is 11.6 Å². The highest BCUT2D eigenvalue weighted by Gasteiger charge is 2.15. The Balaban J connectivity index is 1.62. The molecule has 9 heteroatoms. The average molecular weight is 444 g/mol. The Bertz CT molecular complexity index is 836. The van der Waals surface area contributed by atoms with E-state index in [9.17, 15) is 4.79 Å². The highest BCUT2D eigenvalue weighted by Crippen LogP contribution is 2.10. The predicted octanol–water partition coefficient (Wildman–Crippen LogP) is 2.73. The Morgan fingerprint density at radius 1 is 0.969 bits per heavy atom. The van der Waals surface area contributed by atoms with Gasteiger partial charge in [-0.2, -0.15) is 0 Å². The van der Waals surface area contributed by atoms with Gasteiger partial charge in [-0.05, 0) is 38.5 Å². The van der Waals surface area contributed by atoms with Gasteiger partial charge in [0.25, 0.3) is 0 Å². The molecule has 0 atom stereocenters. The number of ether oxygens (including phenoxy) is 3. The number of hydrogen-bond acceptors (Lipinski definition) is 6. The second kappa shape index (κ2) is 13.0. The van der Waals surface area contributed by atoms with Crippen molar-refractivity contribution >= 4 is 12.1 Å². The van der Waals surface area contributed by atoms with E-state index in [-0.39, 0.29) is 0 Å². The first kappa shape index (κ1) is 24.8. The fourth-order valence-corrected chi connectivity index (χ4v) is 2.49. The molecule has 1 aromatic carbocycles. The molecule has 1 aromatic heterocycles. The molecule has 2 rings (SSSR count). The van der Waals surface area contributed by atoms with Crippen molar-refractivity contribution in [3.05, 3.63) is 54.2 Å². The van der Waals surface area contributed by atoms with Crippen molar-refractivity contribution in [1.82, 2.24) is 20.9 Å². The minimum atomic E-state index is -0.514. The van der Waals surface area contributed by atoms with Crippen LogP contribution in [0.25, 0.3) is 0 Å². The van der Waals surface area contributed by atoms with E-state index >= 15 is 0 Å². The first-order valence-electron chi connectivity index (χ1n) is 10.5. The van der Waals surface area contributed by atoms with Crippen molar-refractivity contribution in [3.8, 4) is 11.6 Å². The van der Waals surface area contributed by atoms with Crippen molar-refractivity contribution in [2.24, 2.45) is 4.99 Å². The number of carbonyl (C=O) groups excluding carboxylic acids is 1. The number of pyridine rings is 1. The van der Waals surface area contributed by atoms with E-state index in [2.05, 4.69) is 25.9 Å². The van der Waals surface area contributed by atoms with Gasteiger partial charge in [-0.25, -0.2) is 9.78 Å². The summed E-state index contributed by atoms with van der Waals surface area (Å²) in [7, 11) is 1.68. The van der Waals surface area contributed by atoms with Crippen molar-refractivity contribution in [3.63, 3.8) is 0 Å². The number of nitrogens with zero attached hydrogens (tertiary/aromatic N) is 2. The lowest BCUT2D eigenvalue weighted by molar-refractivity contribution is 0.0529. The van der Waals surface area contributed by atoms with Gasteiger partial charge < -0.3 is 30.2 Å². The fraction of sp³-hybridized carbons (Fsp3) is 0.435. The van der Waals surface area contributed by atoms with Crippen LogP contribution in [0.1, 0.15) is 26.3 Å². The van der Waals surface area contributed by atoms with Crippen LogP contribution in [0.15, 0.2) is 53.7 Å². The highest BCUT2D eigenvalue weighted by atomic mass is 16.6. The lowest BCUT2D eigenvalue weighted by Gasteiger charge is -2.19. The third-order valence-corrected chi connectivity index (χ3v) is 3.91. The van der Waals surface area contributed by atoms with E-state index < -0.39 is 11.7 Å². The van der Waals surface area contributed by atoms with Crippen LogP contribution in [-0.2, 0) is 11.3 Å². The number of para-hydroxylation sites is 1. The zero-order valence-corrected chi connectivity index (χ0v) is 19.2. The first-order chi connectivity index (χ1) is 15.4. The normalized spacial score (nSPS) is 11.4. The standard InChI is InChI=1S/C23H33N5O4/c1-23(2,3)32-22(29)26-13-12-25-21(24-4)28-17-18-10-11-20(27-16-18)31-15-14-30-19-8-6-5-7-9-19/h5-11,16H,12-15,17H2,1-4H3,(H,26,29)(H2,24,25,28). The molecule has 9 nitrogen and oxygen atoms in total. The summed E-state index contributed by atoms with van der Waals surface area (Å²) < 4.78 is 16.4. The zero-order valence-electron chi connectivity index (χ0n) is 19.2. The number of carbonyl (C=O) groups is 1. The molecule has 0 aliphatic carbocycles. The van der Waals surface area contributed by atoms with E-state index in [1.54, 1.807) is 13.2 Å². The van der Waals surface area contributed by atoms with Crippen LogP contribution in [-0.4, -0.2) is 56.0 Å². The molecule has 2 aromatic rings. The molecule has 1 amide bonds. The summed E-state index contributed by atoms with van der Waals surface area (Å²) in [5.74, 6) is 1.98. The van der Waals surface area contributed by atoms with Crippen LogP contribution in [0.4, 0.5) is 4.79 Å². The Morgan fingerprint density at radius 3 is 2.34 bits per heavy atom. The molecule has 0 fully saturated rings. The van der Waals surface area contributed by atoms with Gasteiger partial charge in [0.15, 0.2) is 5.96 Å². The van der Waals surface area contributed by atoms with Crippen molar-refractivity contribution < 1.29 is 19.0 Å². The number of amides is 1. The Labute approximate surface area is 189 Å². The number of rotatable bonds is 10. The molecular weight excluding hydrogens is 410 g/mol. The third-order valence-electron chi connectivity index (χ3n) is 3.91. The smallest absolute Gasteiger partial charge is 0.407 e. The molecule has 0 aliphatic heterocycles. The third kappa shape index (κ3) is 10.5. The van der Waals surface area contributed by atoms with E-state index in [4.69, 9.17) is 14.2 Å². The SMILES string of the molecule is CN=C(NCCNC(=O)OC(C)(C)C)NCc1ccc(OCCOc2ccccc2)nc1. The monoisotopic (exact) mass is 443 g/mol. The number of hydrogen-bond donors (Lipinski definition) is 3. The Hall–Kier alpha value is -3.49. The highest BCUT2D eigenvalue weighted by molar-refractivity contribution is 5.79. The van der Waals surface area contributed by atoms with Gasteiger partial charge in [0, 0.05) is 38.9 Å². The lowest BCUT2D eigenvalue weighted by Crippen LogP contribution is -2.42. The summed E-state index contributed by atoms with van der Waals surface area (Å²) >= 11 is 0. The van der Waals surface area contributed by atoms with Crippen LogP contribution < -0.4 is 25.4 Å². The number of nitrogens with one attached hydrogen (secondary N) is 3. The van der Waals surface area contributed by atoms with Gasteiger partial charge >= 0.3 is 6.09 Å². The van der Waals surface area contributed by atoms with Crippen molar-refractivity contribution in [1.29, 1.82) is 0 Å². The molecule has 0 radical (unpaired) electrons. The summed E-state index contributed by atoms with van der Waals surface area (Å²) in [4.78, 5) is 20.1. The van der Waals surface area contributed by atoms with E-state index in [1.807, 2.05) is 63.2 Å². The quantitative estimate of drug-likeness (QED) is 0.294. The number of aliphatic imine (C=N–C) groups is 1. The minimum Gasteiger partial charge on any atom is -0.490 e. The second-order valence-electron chi connectivity index (χ2n) is 7.80. The van der Waals surface area contributed by atoms with Crippen LogP contribution >= 0.6 is 0 Å². The van der Waals surface area contributed by atoms with Gasteiger partial charge in [-0.1, -0.05) is 24.3 Å². The van der Waals surface area contributed by atoms with E-state index in [0.717, 1.165) is 11.3 Å². The molecule has 0 aliphatic rings. The second-order valence-corrected chi connectivity index (χ2v) is 7.80. The molecule has 0 unspecified atom stereocenters. The van der Waals surface area contributed by atoms with Gasteiger partial charge in [0.1, 0.15) is 24.6 Å². The Kier molecular flexibility index (Phi) is 10.1. The molecule has 0 saturated carbocycles. The first-order valence-corrected chi connectivity index (χ1v) is 10.5. The number of aromatic nitrogens is 1. The van der Waals surface area contributed by atoms with Gasteiger partial charge in [-0.3, -0.25) is 4.99 Å². The summed E-state index contributed by atoms with van der Waals surface area (Å²) in [5.41, 5.74) is 0.465. The number of benzene rings is 1. The summed E-state index contributed by atoms with van der Waals surface area (Å²) in [6, 6.07) is 13.4. The van der Waals surface area contributed by atoms with Crippen LogP contribution in [0.2, 0.25) is 0 Å². The molecule has 174 valence electrons. The minimum absolute atomic E-state index is 0.410. The molecule has 0 bridgehead atoms. The molecule has 0 spiro atoms. The summed E-state index contributed by atoms with van der Waals surface area (Å²) in [6.07, 6.45) is 1.31. The van der Waals surface area contributed by atoms with Gasteiger partial charge in [0.2, 0.25) is 5.88 Å². The molecule has 3 N–H and O–H groups in total. The topological polar surface area (TPSA) is 106 Å². The van der Waals surface area contributed by atoms with Crippen LogP contribution in [0.3, 0.4) is 0 Å². The fourth-order valence-electron chi connectivity index (χ4n) is 2.49. The Morgan fingerprint density at radius 2 is 1.69 bits per heavy atom. The van der Waals surface area contributed by atoms with E-state index in [0.29, 0.717) is 44.7 Å². The molecular formula is C23H33N5O4. The average Bonchev–Trinajstić information content (AvgIpc) is 2.76. The maximum atomic E-state index is 11.6. The van der Waals surface area contributed by atoms with Gasteiger partial charge in [-0.15, -0.1) is 0 Å². The lowest BCUT2D eigenvalue weighted by atomic mass is 10.2. The number of alkyl carbamates (subject to hydrolysis) is 1. The van der Waals surface area contributed by atoms with Gasteiger partial charge in [0.05, 0.1) is 0 Å². The molecule has 0 saturated heterocycles. The zero-order chi connectivity index (χ0) is 23.2.